The Balaban J connectivity index is 0.000000232. The average Bonchev–Trinajstić information content (AvgIpc) is 3.16. The SMILES string of the molecule is CCC1(c2c(C)ncc(Br)c2Cl)CC/C(=N\O)C1.COc1ccc(CC(C)C)cc1. The zero-order valence-electron chi connectivity index (χ0n) is 18.5. The Bertz CT molecular complexity index is 868. The fourth-order valence-corrected chi connectivity index (χ4v) is 4.82. The summed E-state index contributed by atoms with van der Waals surface area (Å²) in [4.78, 5) is 4.39. The summed E-state index contributed by atoms with van der Waals surface area (Å²) in [5, 5.41) is 13.1. The van der Waals surface area contributed by atoms with Gasteiger partial charge in [0.1, 0.15) is 5.75 Å². The number of pyridine rings is 1. The molecule has 0 radical (unpaired) electrons. The first-order chi connectivity index (χ1) is 14.3. The number of hydrogen-bond donors (Lipinski definition) is 1. The van der Waals surface area contributed by atoms with Crippen molar-refractivity contribution in [3.8, 4) is 5.75 Å². The van der Waals surface area contributed by atoms with E-state index in [0.29, 0.717) is 0 Å². The monoisotopic (exact) mass is 494 g/mol. The molecule has 0 aliphatic heterocycles. The van der Waals surface area contributed by atoms with Gasteiger partial charge in [0.2, 0.25) is 0 Å². The molecule has 1 unspecified atom stereocenters. The molecule has 0 spiro atoms. The van der Waals surface area contributed by atoms with Gasteiger partial charge in [-0.15, -0.1) is 0 Å². The van der Waals surface area contributed by atoms with Crippen LogP contribution in [0.15, 0.2) is 40.1 Å². The summed E-state index contributed by atoms with van der Waals surface area (Å²) in [5.41, 5.74) is 4.25. The standard InChI is InChI=1S/C13H16BrClN2O.C11H16O/c1-3-13(5-4-9(6-13)17-18)11-8(2)16-7-10(14)12(11)15;1-9(2)8-10-4-6-11(12-3)7-5-10/h7,18H,3-6H2,1-2H3;4-7,9H,8H2,1-3H3/b17-9+;. The Kier molecular flexibility index (Phi) is 9.17. The molecule has 1 saturated carbocycles. The molecule has 6 heteroatoms. The van der Waals surface area contributed by atoms with Gasteiger partial charge in [0.05, 0.1) is 22.3 Å². The number of aromatic nitrogens is 1. The maximum absolute atomic E-state index is 8.96. The van der Waals surface area contributed by atoms with E-state index in [1.54, 1.807) is 13.3 Å². The van der Waals surface area contributed by atoms with Crippen LogP contribution in [0.1, 0.15) is 63.3 Å². The van der Waals surface area contributed by atoms with Crippen LogP contribution in [0.2, 0.25) is 5.02 Å². The van der Waals surface area contributed by atoms with Crippen LogP contribution in [0, 0.1) is 12.8 Å². The average molecular weight is 496 g/mol. The topological polar surface area (TPSA) is 54.7 Å². The molecule has 1 aliphatic carbocycles. The van der Waals surface area contributed by atoms with Gasteiger partial charge in [0, 0.05) is 17.3 Å². The van der Waals surface area contributed by atoms with E-state index in [-0.39, 0.29) is 5.41 Å². The van der Waals surface area contributed by atoms with Crippen molar-refractivity contribution < 1.29 is 9.94 Å². The van der Waals surface area contributed by atoms with Gasteiger partial charge in [-0.25, -0.2) is 0 Å². The Hall–Kier alpha value is -1.59. The molecule has 30 heavy (non-hydrogen) atoms. The van der Waals surface area contributed by atoms with E-state index in [0.717, 1.165) is 70.2 Å². The van der Waals surface area contributed by atoms with Gasteiger partial charge in [-0.2, -0.15) is 0 Å². The molecule has 3 rings (SSSR count). The van der Waals surface area contributed by atoms with E-state index in [1.165, 1.54) is 5.56 Å². The fourth-order valence-electron chi connectivity index (χ4n) is 4.13. The van der Waals surface area contributed by atoms with Gasteiger partial charge in [-0.05, 0) is 84.1 Å². The number of aryl methyl sites for hydroxylation is 1. The maximum Gasteiger partial charge on any atom is 0.118 e. The summed E-state index contributed by atoms with van der Waals surface area (Å²) >= 11 is 9.89. The molecule has 1 N–H and O–H groups in total. The van der Waals surface area contributed by atoms with E-state index in [4.69, 9.17) is 21.5 Å². The third kappa shape index (κ3) is 5.98. The fraction of sp³-hybridized carbons (Fsp3) is 0.500. The summed E-state index contributed by atoms with van der Waals surface area (Å²) in [6.07, 6.45) is 6.39. The number of oxime groups is 1. The number of methoxy groups -OCH3 is 1. The van der Waals surface area contributed by atoms with Crippen LogP contribution in [0.25, 0.3) is 0 Å². The first-order valence-electron chi connectivity index (χ1n) is 10.4. The molecule has 164 valence electrons. The van der Waals surface area contributed by atoms with Gasteiger partial charge >= 0.3 is 0 Å². The van der Waals surface area contributed by atoms with Gasteiger partial charge in [0.15, 0.2) is 0 Å². The second kappa shape index (κ2) is 11.1. The predicted octanol–water partition coefficient (Wildman–Crippen LogP) is 7.36. The minimum atomic E-state index is -0.0422. The van der Waals surface area contributed by atoms with E-state index in [2.05, 4.69) is 59.0 Å². The minimum Gasteiger partial charge on any atom is -0.497 e. The first kappa shape index (κ1) is 24.7. The van der Waals surface area contributed by atoms with Crippen LogP contribution in [0.3, 0.4) is 0 Å². The molecule has 0 saturated heterocycles. The predicted molar refractivity (Wildman–Crippen MR) is 128 cm³/mol. The highest BCUT2D eigenvalue weighted by atomic mass is 79.9. The van der Waals surface area contributed by atoms with Crippen molar-refractivity contribution in [1.82, 2.24) is 4.98 Å². The number of benzene rings is 1. The lowest BCUT2D eigenvalue weighted by Crippen LogP contribution is -2.24. The van der Waals surface area contributed by atoms with Crippen LogP contribution >= 0.6 is 27.5 Å². The normalized spacial score (nSPS) is 19.7. The third-order valence-corrected chi connectivity index (χ3v) is 6.97. The number of hydrogen-bond acceptors (Lipinski definition) is 4. The van der Waals surface area contributed by atoms with Crippen LogP contribution in [-0.2, 0) is 11.8 Å². The molecule has 0 amide bonds. The first-order valence-corrected chi connectivity index (χ1v) is 11.6. The summed E-state index contributed by atoms with van der Waals surface area (Å²) in [7, 11) is 1.69. The lowest BCUT2D eigenvalue weighted by atomic mass is 9.76. The van der Waals surface area contributed by atoms with E-state index < -0.39 is 0 Å². The van der Waals surface area contributed by atoms with Gasteiger partial charge in [-0.3, -0.25) is 4.98 Å². The van der Waals surface area contributed by atoms with Gasteiger partial charge in [0.25, 0.3) is 0 Å². The summed E-state index contributed by atoms with van der Waals surface area (Å²) in [5.74, 6) is 1.65. The van der Waals surface area contributed by atoms with Crippen molar-refractivity contribution in [1.29, 1.82) is 0 Å². The molecular weight excluding hydrogens is 464 g/mol. The molecular formula is C24H32BrClN2O2. The van der Waals surface area contributed by atoms with Crippen molar-refractivity contribution in [2.45, 2.75) is 65.2 Å². The molecule has 4 nitrogen and oxygen atoms in total. The molecule has 1 atom stereocenters. The third-order valence-electron chi connectivity index (χ3n) is 5.75. The van der Waals surface area contributed by atoms with E-state index >= 15 is 0 Å². The van der Waals surface area contributed by atoms with Crippen molar-refractivity contribution in [2.24, 2.45) is 11.1 Å². The van der Waals surface area contributed by atoms with Gasteiger partial charge < -0.3 is 9.94 Å². The Morgan fingerprint density at radius 2 is 1.97 bits per heavy atom. The highest BCUT2D eigenvalue weighted by Gasteiger charge is 2.40. The lowest BCUT2D eigenvalue weighted by Gasteiger charge is -2.30. The van der Waals surface area contributed by atoms with E-state index in [9.17, 15) is 0 Å². The van der Waals surface area contributed by atoms with Crippen molar-refractivity contribution in [3.05, 3.63) is 56.8 Å². The highest BCUT2D eigenvalue weighted by molar-refractivity contribution is 9.10. The number of nitrogens with zero attached hydrogens (tertiary/aromatic N) is 2. The molecule has 1 aromatic heterocycles. The van der Waals surface area contributed by atoms with Crippen molar-refractivity contribution in [2.75, 3.05) is 7.11 Å². The Labute approximate surface area is 193 Å². The summed E-state index contributed by atoms with van der Waals surface area (Å²) in [6.45, 7) is 8.59. The zero-order valence-corrected chi connectivity index (χ0v) is 20.8. The van der Waals surface area contributed by atoms with Crippen LogP contribution in [0.4, 0.5) is 0 Å². The molecule has 1 aliphatic rings. The summed E-state index contributed by atoms with van der Waals surface area (Å²) in [6, 6.07) is 8.27. The molecule has 0 bridgehead atoms. The van der Waals surface area contributed by atoms with Crippen LogP contribution in [-0.4, -0.2) is 23.0 Å². The number of rotatable bonds is 5. The number of ether oxygens (including phenoxy) is 1. The molecule has 1 fully saturated rings. The highest BCUT2D eigenvalue weighted by Crippen LogP contribution is 2.47. The minimum absolute atomic E-state index is 0.0422. The lowest BCUT2D eigenvalue weighted by molar-refractivity contribution is 0.316. The number of halogens is 2. The quantitative estimate of drug-likeness (QED) is 0.348. The molecule has 1 aromatic carbocycles. The Morgan fingerprint density at radius 1 is 1.30 bits per heavy atom. The zero-order chi connectivity index (χ0) is 22.3. The maximum atomic E-state index is 8.96. The second-order valence-corrected chi connectivity index (χ2v) is 9.54. The second-order valence-electron chi connectivity index (χ2n) is 8.30. The van der Waals surface area contributed by atoms with E-state index in [1.807, 2.05) is 19.1 Å². The molecule has 2 aromatic rings. The summed E-state index contributed by atoms with van der Waals surface area (Å²) < 4.78 is 5.90. The molecule has 1 heterocycles. The Morgan fingerprint density at radius 3 is 2.47 bits per heavy atom. The van der Waals surface area contributed by atoms with Gasteiger partial charge in [-0.1, -0.05) is 49.7 Å². The van der Waals surface area contributed by atoms with Crippen LogP contribution in [0.5, 0.6) is 5.75 Å². The van der Waals surface area contributed by atoms with Crippen molar-refractivity contribution >= 4 is 33.2 Å². The largest absolute Gasteiger partial charge is 0.497 e. The van der Waals surface area contributed by atoms with Crippen LogP contribution < -0.4 is 4.74 Å². The van der Waals surface area contributed by atoms with Crippen molar-refractivity contribution in [3.63, 3.8) is 0 Å². The smallest absolute Gasteiger partial charge is 0.118 e.